The van der Waals surface area contributed by atoms with Crippen LogP contribution in [0, 0.1) is 0 Å². The molecule has 0 saturated heterocycles. The number of carbonyl (C=O) groups is 2. The molecule has 3 rings (SSSR count). The smallest absolute Gasteiger partial charge is 0.324 e. The maximum absolute atomic E-state index is 12.1. The monoisotopic (exact) mass is 414 g/mol. The van der Waals surface area contributed by atoms with E-state index in [2.05, 4.69) is 35.7 Å². The summed E-state index contributed by atoms with van der Waals surface area (Å²) in [4.78, 5) is 39.4. The molecule has 0 aliphatic carbocycles. The molecule has 2 aromatic rings. The second-order valence-corrected chi connectivity index (χ2v) is 6.39. The third kappa shape index (κ3) is 5.40. The minimum Gasteiger partial charge on any atom is -0.379 e. The van der Waals surface area contributed by atoms with Gasteiger partial charge in [-0.2, -0.15) is 5.90 Å². The zero-order valence-corrected chi connectivity index (χ0v) is 16.0. The van der Waals surface area contributed by atoms with Crippen molar-refractivity contribution in [1.29, 1.82) is 0 Å². The Hall–Kier alpha value is -3.77. The maximum atomic E-state index is 12.1. The number of carbonyl (C=O) groups excluding carboxylic acids is 2. The lowest BCUT2D eigenvalue weighted by atomic mass is 10.2. The minimum absolute atomic E-state index is 0.0809. The first-order chi connectivity index (χ1) is 14.5. The van der Waals surface area contributed by atoms with Crippen molar-refractivity contribution < 1.29 is 19.5 Å². The van der Waals surface area contributed by atoms with Crippen LogP contribution in [0.3, 0.4) is 0 Å². The molecule has 158 valence electrons. The minimum atomic E-state index is -1.16. The number of nitrogens with one attached hydrogen (secondary N) is 3. The summed E-state index contributed by atoms with van der Waals surface area (Å²) in [5, 5.41) is 18.6. The number of aromatic nitrogens is 2. The average molecular weight is 414 g/mol. The molecule has 1 aromatic heterocycles. The van der Waals surface area contributed by atoms with Gasteiger partial charge in [0.15, 0.2) is 18.0 Å². The molecule has 1 amide bonds. The van der Waals surface area contributed by atoms with Gasteiger partial charge >= 0.3 is 5.97 Å². The normalized spacial score (nSPS) is 14.7. The summed E-state index contributed by atoms with van der Waals surface area (Å²) in [6, 6.07) is 6.87. The van der Waals surface area contributed by atoms with E-state index in [4.69, 9.17) is 11.6 Å². The Morgan fingerprint density at radius 2 is 2.03 bits per heavy atom. The van der Waals surface area contributed by atoms with Crippen molar-refractivity contribution in [2.24, 2.45) is 16.6 Å². The van der Waals surface area contributed by atoms with Crippen molar-refractivity contribution in [3.8, 4) is 0 Å². The fraction of sp³-hybridized carbons (Fsp3) is 0.278. The zero-order valence-electron chi connectivity index (χ0n) is 16.0. The Kier molecular flexibility index (Phi) is 6.72. The number of fused-ring (bicyclic) bond motifs is 1. The molecule has 12 nitrogen and oxygen atoms in total. The summed E-state index contributed by atoms with van der Waals surface area (Å²) in [7, 11) is 0. The molecule has 0 radical (unpaired) electrons. The van der Waals surface area contributed by atoms with Gasteiger partial charge in [0.05, 0.1) is 18.4 Å². The Morgan fingerprint density at radius 3 is 2.77 bits per heavy atom. The quantitative estimate of drug-likeness (QED) is 0.248. The number of aliphatic hydroxyl groups is 1. The van der Waals surface area contributed by atoms with Crippen molar-refractivity contribution in [1.82, 2.24) is 15.3 Å². The van der Waals surface area contributed by atoms with Crippen LogP contribution in [0.2, 0.25) is 0 Å². The maximum Gasteiger partial charge on any atom is 0.324 e. The molecule has 12 heteroatoms. The molecule has 1 aliphatic rings. The van der Waals surface area contributed by atoms with Gasteiger partial charge in [0.1, 0.15) is 5.69 Å². The average Bonchev–Trinajstić information content (AvgIpc) is 2.75. The fourth-order valence-electron chi connectivity index (χ4n) is 2.68. The van der Waals surface area contributed by atoms with E-state index in [0.29, 0.717) is 42.3 Å². The first kappa shape index (κ1) is 21.0. The molecule has 1 atom stereocenters. The molecule has 1 aromatic carbocycles. The lowest BCUT2D eigenvalue weighted by Crippen LogP contribution is -2.29. The molecule has 30 heavy (non-hydrogen) atoms. The van der Waals surface area contributed by atoms with Gasteiger partial charge in [-0.15, -0.1) is 0 Å². The lowest BCUT2D eigenvalue weighted by molar-refractivity contribution is -0.144. The van der Waals surface area contributed by atoms with E-state index in [-0.39, 0.29) is 18.3 Å². The Morgan fingerprint density at radius 1 is 1.27 bits per heavy atom. The summed E-state index contributed by atoms with van der Waals surface area (Å²) in [6.45, 7) is 0.691. The third-order valence-electron chi connectivity index (χ3n) is 4.20. The van der Waals surface area contributed by atoms with Crippen LogP contribution in [0.25, 0.3) is 0 Å². The van der Waals surface area contributed by atoms with Gasteiger partial charge in [-0.05, 0) is 30.7 Å². The van der Waals surface area contributed by atoms with Crippen LogP contribution in [-0.4, -0.2) is 39.5 Å². The standard InChI is InChI=1S/C18H22N8O4/c19-18-25-15-14(17(29)26-18)24-12(9-23-15)8-22-11-5-3-10(4-6-11)16(28)21-7-1-2-13(27)30-20/h3-6,9,17,22,29H,1-2,7-8,20H2,(H,21,28)(H3,19,23,25,26). The van der Waals surface area contributed by atoms with Gasteiger partial charge in [-0.25, -0.2) is 15.0 Å². The Bertz CT molecular complexity index is 948. The van der Waals surface area contributed by atoms with Crippen LogP contribution >= 0.6 is 0 Å². The number of guanidine groups is 1. The molecular weight excluding hydrogens is 392 g/mol. The van der Waals surface area contributed by atoms with Crippen LogP contribution in [0.4, 0.5) is 11.5 Å². The lowest BCUT2D eigenvalue weighted by Gasteiger charge is -2.18. The molecule has 0 spiro atoms. The second kappa shape index (κ2) is 9.62. The number of rotatable bonds is 8. The predicted molar refractivity (Wildman–Crippen MR) is 108 cm³/mol. The highest BCUT2D eigenvalue weighted by molar-refractivity contribution is 5.94. The van der Waals surface area contributed by atoms with Crippen LogP contribution in [0.5, 0.6) is 0 Å². The summed E-state index contributed by atoms with van der Waals surface area (Å²) in [6.07, 6.45) is 0.975. The molecule has 0 fully saturated rings. The highest BCUT2D eigenvalue weighted by atomic mass is 16.7. The highest BCUT2D eigenvalue weighted by Gasteiger charge is 2.21. The Balaban J connectivity index is 1.50. The summed E-state index contributed by atoms with van der Waals surface area (Å²) in [5.74, 6) is 4.43. The van der Waals surface area contributed by atoms with E-state index in [9.17, 15) is 14.7 Å². The van der Waals surface area contributed by atoms with Crippen molar-refractivity contribution in [3.63, 3.8) is 0 Å². The largest absolute Gasteiger partial charge is 0.379 e. The number of amides is 1. The number of nitrogens with two attached hydrogens (primary N) is 2. The van der Waals surface area contributed by atoms with Crippen molar-refractivity contribution in [2.75, 3.05) is 17.2 Å². The molecule has 0 saturated carbocycles. The third-order valence-corrected chi connectivity index (χ3v) is 4.20. The number of nitrogens with zero attached hydrogens (tertiary/aromatic N) is 3. The van der Waals surface area contributed by atoms with E-state index in [1.165, 1.54) is 0 Å². The number of anilines is 2. The van der Waals surface area contributed by atoms with Gasteiger partial charge in [0.25, 0.3) is 5.91 Å². The van der Waals surface area contributed by atoms with Crippen LogP contribution in [0.15, 0.2) is 35.5 Å². The molecule has 1 unspecified atom stereocenters. The zero-order chi connectivity index (χ0) is 21.5. The number of benzene rings is 1. The van der Waals surface area contributed by atoms with E-state index in [1.54, 1.807) is 30.5 Å². The van der Waals surface area contributed by atoms with Crippen molar-refractivity contribution in [3.05, 3.63) is 47.4 Å². The second-order valence-electron chi connectivity index (χ2n) is 6.39. The number of hydrogen-bond acceptors (Lipinski definition) is 11. The SMILES string of the molecule is NOC(=O)CCCNC(=O)c1ccc(NCc2cnc3c(n2)C(O)N=C(N)N3)cc1. The molecule has 0 bridgehead atoms. The van der Waals surface area contributed by atoms with Crippen molar-refractivity contribution in [2.45, 2.75) is 25.6 Å². The first-order valence-electron chi connectivity index (χ1n) is 9.12. The van der Waals surface area contributed by atoms with Gasteiger partial charge < -0.3 is 31.6 Å². The molecular formula is C18H22N8O4. The summed E-state index contributed by atoms with van der Waals surface area (Å²) < 4.78 is 0. The van der Waals surface area contributed by atoms with Crippen LogP contribution < -0.4 is 27.6 Å². The highest BCUT2D eigenvalue weighted by Crippen LogP contribution is 2.23. The van der Waals surface area contributed by atoms with E-state index < -0.39 is 12.2 Å². The summed E-state index contributed by atoms with van der Waals surface area (Å²) >= 11 is 0. The van der Waals surface area contributed by atoms with E-state index in [0.717, 1.165) is 5.69 Å². The fourth-order valence-corrected chi connectivity index (χ4v) is 2.68. The molecule has 8 N–H and O–H groups in total. The Labute approximate surface area is 171 Å². The number of aliphatic hydroxyl groups excluding tert-OH is 1. The van der Waals surface area contributed by atoms with Crippen LogP contribution in [0.1, 0.15) is 40.8 Å². The van der Waals surface area contributed by atoms with E-state index in [1.807, 2.05) is 0 Å². The number of aliphatic imine (C=N–C) groups is 1. The molecule has 1 aliphatic heterocycles. The number of hydrogen-bond donors (Lipinski definition) is 6. The van der Waals surface area contributed by atoms with Gasteiger partial charge in [-0.3, -0.25) is 9.59 Å². The van der Waals surface area contributed by atoms with Crippen molar-refractivity contribution >= 4 is 29.3 Å². The van der Waals surface area contributed by atoms with Gasteiger partial charge in [0, 0.05) is 24.2 Å². The van der Waals surface area contributed by atoms with E-state index >= 15 is 0 Å². The molecule has 2 heterocycles. The topological polar surface area (TPSA) is 190 Å². The summed E-state index contributed by atoms with van der Waals surface area (Å²) in [5.41, 5.74) is 7.71. The van der Waals surface area contributed by atoms with Gasteiger partial charge in [-0.1, -0.05) is 0 Å². The predicted octanol–water partition coefficient (Wildman–Crippen LogP) is -0.253. The van der Waals surface area contributed by atoms with Crippen LogP contribution in [-0.2, 0) is 16.2 Å². The van der Waals surface area contributed by atoms with Gasteiger partial charge in [0.2, 0.25) is 0 Å². The first-order valence-corrected chi connectivity index (χ1v) is 9.12.